The predicted octanol–water partition coefficient (Wildman–Crippen LogP) is 2.91. The van der Waals surface area contributed by atoms with Crippen molar-refractivity contribution in [2.24, 2.45) is 0 Å². The van der Waals surface area contributed by atoms with Gasteiger partial charge in [0.05, 0.1) is 18.1 Å². The van der Waals surface area contributed by atoms with E-state index in [-0.39, 0.29) is 0 Å². The first kappa shape index (κ1) is 15.8. The Bertz CT molecular complexity index is 929. The lowest BCUT2D eigenvalue weighted by Crippen LogP contribution is -2.41. The third-order valence-electron chi connectivity index (χ3n) is 5.80. The van der Waals surface area contributed by atoms with Gasteiger partial charge in [-0.1, -0.05) is 12.5 Å². The van der Waals surface area contributed by atoms with Gasteiger partial charge in [0.2, 0.25) is 0 Å². The number of benzene rings is 1. The normalized spacial score (nSPS) is 18.3. The van der Waals surface area contributed by atoms with Gasteiger partial charge in [-0.05, 0) is 30.5 Å². The van der Waals surface area contributed by atoms with E-state index in [9.17, 15) is 0 Å². The molecule has 134 valence electrons. The van der Waals surface area contributed by atoms with Crippen molar-refractivity contribution < 1.29 is 4.74 Å². The maximum atomic E-state index is 5.05. The molecule has 5 rings (SSSR count). The number of ether oxygens (including phenoxy) is 1. The summed E-state index contributed by atoms with van der Waals surface area (Å²) in [6, 6.07) is 7.62. The van der Waals surface area contributed by atoms with Crippen LogP contribution in [0.2, 0.25) is 0 Å². The lowest BCUT2D eigenvalue weighted by Gasteiger charge is -2.36. The Hall–Kier alpha value is -2.47. The molecule has 1 aromatic carbocycles. The molecule has 26 heavy (non-hydrogen) atoms. The molecule has 1 saturated carbocycles. The topological polar surface area (TPSA) is 56.1 Å². The van der Waals surface area contributed by atoms with Crippen LogP contribution in [0.4, 0.5) is 0 Å². The first-order valence-corrected chi connectivity index (χ1v) is 9.41. The zero-order valence-electron chi connectivity index (χ0n) is 15.1. The van der Waals surface area contributed by atoms with E-state index < -0.39 is 0 Å². The van der Waals surface area contributed by atoms with Gasteiger partial charge in [-0.2, -0.15) is 0 Å². The Balaban J connectivity index is 1.47. The standard InChI is InChI=1S/C20H23N5O/c1-26-20-21-12-15(13-22-20)14-5-6-17-18(11-14)25-10-9-24(16-3-2-4-16)8-7-19(25)23-17/h5-6,11-13,16H,2-4,7-10H2,1H3. The minimum Gasteiger partial charge on any atom is -0.467 e. The molecule has 6 nitrogen and oxygen atoms in total. The van der Waals surface area contributed by atoms with Crippen molar-refractivity contribution in [3.8, 4) is 17.1 Å². The number of hydrogen-bond donors (Lipinski definition) is 0. The summed E-state index contributed by atoms with van der Waals surface area (Å²) in [5.74, 6) is 1.21. The number of methoxy groups -OCH3 is 1. The van der Waals surface area contributed by atoms with Crippen LogP contribution in [0.5, 0.6) is 6.01 Å². The summed E-state index contributed by atoms with van der Waals surface area (Å²) in [6.45, 7) is 3.27. The van der Waals surface area contributed by atoms with E-state index in [1.54, 1.807) is 7.11 Å². The predicted molar refractivity (Wildman–Crippen MR) is 100 cm³/mol. The van der Waals surface area contributed by atoms with Crippen molar-refractivity contribution in [3.63, 3.8) is 0 Å². The average Bonchev–Trinajstić information content (AvgIpc) is 2.86. The highest BCUT2D eigenvalue weighted by atomic mass is 16.5. The second-order valence-electron chi connectivity index (χ2n) is 7.21. The molecule has 0 saturated heterocycles. The Morgan fingerprint density at radius 1 is 1.04 bits per heavy atom. The lowest BCUT2D eigenvalue weighted by molar-refractivity contribution is 0.130. The minimum absolute atomic E-state index is 0.393. The summed E-state index contributed by atoms with van der Waals surface area (Å²) in [5.41, 5.74) is 4.40. The molecule has 0 bridgehead atoms. The summed E-state index contributed by atoms with van der Waals surface area (Å²) in [7, 11) is 1.58. The zero-order chi connectivity index (χ0) is 17.5. The van der Waals surface area contributed by atoms with Crippen LogP contribution < -0.4 is 4.74 Å². The van der Waals surface area contributed by atoms with Crippen LogP contribution in [0.1, 0.15) is 25.1 Å². The molecule has 1 aliphatic carbocycles. The maximum Gasteiger partial charge on any atom is 0.316 e. The molecule has 0 atom stereocenters. The molecule has 1 fully saturated rings. The third-order valence-corrected chi connectivity index (χ3v) is 5.80. The Labute approximate surface area is 152 Å². The molecule has 6 heteroatoms. The summed E-state index contributed by atoms with van der Waals surface area (Å²) < 4.78 is 7.46. The largest absolute Gasteiger partial charge is 0.467 e. The Kier molecular flexibility index (Phi) is 3.85. The molecule has 1 aliphatic heterocycles. The Morgan fingerprint density at radius 2 is 1.88 bits per heavy atom. The second-order valence-corrected chi connectivity index (χ2v) is 7.21. The molecule has 2 aliphatic rings. The summed E-state index contributed by atoms with van der Waals surface area (Å²) >= 11 is 0. The van der Waals surface area contributed by atoms with Crippen LogP contribution in [0.25, 0.3) is 22.2 Å². The molecular weight excluding hydrogens is 326 g/mol. The fourth-order valence-corrected chi connectivity index (χ4v) is 4.06. The van der Waals surface area contributed by atoms with Crippen molar-refractivity contribution in [1.29, 1.82) is 0 Å². The molecule has 3 heterocycles. The van der Waals surface area contributed by atoms with Crippen molar-refractivity contribution in [1.82, 2.24) is 24.4 Å². The average molecular weight is 349 g/mol. The van der Waals surface area contributed by atoms with Crippen LogP contribution in [-0.4, -0.2) is 50.7 Å². The number of imidazole rings is 1. The number of rotatable bonds is 3. The summed E-state index contributed by atoms with van der Waals surface area (Å²) in [5, 5.41) is 0. The van der Waals surface area contributed by atoms with Crippen LogP contribution in [-0.2, 0) is 13.0 Å². The van der Waals surface area contributed by atoms with Gasteiger partial charge >= 0.3 is 6.01 Å². The second kappa shape index (κ2) is 6.36. The Morgan fingerprint density at radius 3 is 2.62 bits per heavy atom. The number of nitrogens with zero attached hydrogens (tertiary/aromatic N) is 5. The molecule has 0 unspecified atom stereocenters. The van der Waals surface area contributed by atoms with Gasteiger partial charge in [-0.3, -0.25) is 4.90 Å². The lowest BCUT2D eigenvalue weighted by atomic mass is 9.91. The quantitative estimate of drug-likeness (QED) is 0.728. The van der Waals surface area contributed by atoms with Gasteiger partial charge in [0, 0.05) is 50.1 Å². The van der Waals surface area contributed by atoms with Crippen LogP contribution in [0.15, 0.2) is 30.6 Å². The maximum absolute atomic E-state index is 5.05. The van der Waals surface area contributed by atoms with Crippen LogP contribution in [0.3, 0.4) is 0 Å². The van der Waals surface area contributed by atoms with Crippen LogP contribution >= 0.6 is 0 Å². The number of fused-ring (bicyclic) bond motifs is 3. The first-order valence-electron chi connectivity index (χ1n) is 9.41. The number of aromatic nitrogens is 4. The van der Waals surface area contributed by atoms with Crippen molar-refractivity contribution in [3.05, 3.63) is 36.4 Å². The first-order chi connectivity index (χ1) is 12.8. The van der Waals surface area contributed by atoms with Gasteiger partial charge in [-0.15, -0.1) is 0 Å². The molecular formula is C20H23N5O. The van der Waals surface area contributed by atoms with Crippen LogP contribution in [0, 0.1) is 0 Å². The number of hydrogen-bond acceptors (Lipinski definition) is 5. The van der Waals surface area contributed by atoms with Gasteiger partial charge < -0.3 is 9.30 Å². The van der Waals surface area contributed by atoms with E-state index in [0.717, 1.165) is 48.7 Å². The summed E-state index contributed by atoms with van der Waals surface area (Å²) in [4.78, 5) is 16.0. The van der Waals surface area contributed by atoms with Gasteiger partial charge in [0.15, 0.2) is 0 Å². The SMILES string of the molecule is COc1ncc(-c2ccc3nc4n(c3c2)CCN(C2CCC2)CC4)cn1. The molecule has 2 aromatic heterocycles. The van der Waals surface area contributed by atoms with Crippen molar-refractivity contribution in [2.45, 2.75) is 38.3 Å². The van der Waals surface area contributed by atoms with E-state index in [4.69, 9.17) is 9.72 Å². The van der Waals surface area contributed by atoms with E-state index in [1.165, 1.54) is 30.6 Å². The molecule has 0 amide bonds. The van der Waals surface area contributed by atoms with E-state index in [2.05, 4.69) is 37.6 Å². The fraction of sp³-hybridized carbons (Fsp3) is 0.450. The monoisotopic (exact) mass is 349 g/mol. The highest BCUT2D eigenvalue weighted by Gasteiger charge is 2.27. The van der Waals surface area contributed by atoms with Crippen molar-refractivity contribution >= 4 is 11.0 Å². The fourth-order valence-electron chi connectivity index (χ4n) is 4.06. The smallest absolute Gasteiger partial charge is 0.316 e. The van der Waals surface area contributed by atoms with Gasteiger partial charge in [0.1, 0.15) is 5.82 Å². The third kappa shape index (κ3) is 2.65. The summed E-state index contributed by atoms with van der Waals surface area (Å²) in [6.07, 6.45) is 8.78. The van der Waals surface area contributed by atoms with Gasteiger partial charge in [0.25, 0.3) is 0 Å². The molecule has 0 radical (unpaired) electrons. The van der Waals surface area contributed by atoms with E-state index in [1.807, 2.05) is 12.4 Å². The molecule has 0 N–H and O–H groups in total. The zero-order valence-corrected chi connectivity index (χ0v) is 15.1. The van der Waals surface area contributed by atoms with E-state index in [0.29, 0.717) is 6.01 Å². The molecule has 3 aromatic rings. The highest BCUT2D eigenvalue weighted by molar-refractivity contribution is 5.82. The van der Waals surface area contributed by atoms with Crippen molar-refractivity contribution in [2.75, 3.05) is 20.2 Å². The minimum atomic E-state index is 0.393. The van der Waals surface area contributed by atoms with Gasteiger partial charge in [-0.25, -0.2) is 15.0 Å². The van der Waals surface area contributed by atoms with E-state index >= 15 is 0 Å². The molecule has 0 spiro atoms. The highest BCUT2D eigenvalue weighted by Crippen LogP contribution is 2.29.